The number of halogens is 3. The Kier molecular flexibility index (Phi) is 6.48. The second-order valence-corrected chi connectivity index (χ2v) is 10.1. The van der Waals surface area contributed by atoms with Gasteiger partial charge in [-0.2, -0.15) is 23.5 Å². The lowest BCUT2D eigenvalue weighted by Crippen LogP contribution is -2.16. The fraction of sp³-hybridized carbons (Fsp3) is 0.308. The number of benzene rings is 1. The van der Waals surface area contributed by atoms with Crippen LogP contribution >= 0.6 is 11.3 Å². The molecule has 1 N–H and O–H groups in total. The van der Waals surface area contributed by atoms with Gasteiger partial charge in [-0.3, -0.25) is 4.79 Å². The highest BCUT2D eigenvalue weighted by molar-refractivity contribution is 7.16. The number of rotatable bonds is 5. The Labute approximate surface area is 219 Å². The number of nitrogens with zero attached hydrogens (tertiary/aromatic N) is 4. The molecule has 1 aliphatic carbocycles. The third-order valence-electron chi connectivity index (χ3n) is 6.54. The van der Waals surface area contributed by atoms with Crippen LogP contribution in [0, 0.1) is 17.2 Å². The van der Waals surface area contributed by atoms with Gasteiger partial charge in [-0.15, -0.1) is 11.3 Å². The molecule has 0 bridgehead atoms. The van der Waals surface area contributed by atoms with Gasteiger partial charge in [-0.05, 0) is 55.0 Å². The predicted octanol–water partition coefficient (Wildman–Crippen LogP) is 5.74. The second-order valence-electron chi connectivity index (χ2n) is 9.01. The van der Waals surface area contributed by atoms with Crippen molar-refractivity contribution in [2.24, 2.45) is 5.92 Å². The molecule has 0 fully saturated rings. The molecule has 5 rings (SSSR count). The summed E-state index contributed by atoms with van der Waals surface area (Å²) >= 11 is 1.33. The minimum Gasteiger partial charge on any atom is -0.493 e. The number of anilines is 1. The van der Waals surface area contributed by atoms with Crippen molar-refractivity contribution < 1.29 is 27.4 Å². The summed E-state index contributed by atoms with van der Waals surface area (Å²) in [6, 6.07) is 7.65. The molecule has 12 heteroatoms. The van der Waals surface area contributed by atoms with Gasteiger partial charge in [0.2, 0.25) is 0 Å². The molecule has 0 saturated heterocycles. The molecule has 1 amide bonds. The molecule has 1 unspecified atom stereocenters. The number of nitriles is 1. The Balaban J connectivity index is 1.60. The molecule has 0 saturated carbocycles. The number of carbonyl (C=O) groups is 1. The van der Waals surface area contributed by atoms with Crippen LogP contribution in [0.5, 0.6) is 11.5 Å². The number of hydrogen-bond acceptors (Lipinski definition) is 7. The first-order chi connectivity index (χ1) is 18.1. The van der Waals surface area contributed by atoms with Crippen molar-refractivity contribution in [3.8, 4) is 28.8 Å². The zero-order valence-corrected chi connectivity index (χ0v) is 21.5. The molecular formula is C26H22F3N5O3S. The first-order valence-electron chi connectivity index (χ1n) is 11.7. The van der Waals surface area contributed by atoms with Crippen LogP contribution in [0.2, 0.25) is 0 Å². The molecule has 1 aliphatic rings. The van der Waals surface area contributed by atoms with Crippen molar-refractivity contribution >= 4 is 27.9 Å². The SMILES string of the molecule is COc1ccc(-c2cc(C(F)(F)F)n3ncc(C(=O)Nc4sc5c(c4C#N)CCC(C)C5)c3n2)cc1OC. The molecule has 1 atom stereocenters. The number of carbonyl (C=O) groups excluding carboxylic acids is 1. The van der Waals surface area contributed by atoms with Crippen LogP contribution in [-0.2, 0) is 19.0 Å². The number of methoxy groups -OCH3 is 2. The molecule has 4 aromatic rings. The molecule has 0 aliphatic heterocycles. The van der Waals surface area contributed by atoms with E-state index in [4.69, 9.17) is 9.47 Å². The third kappa shape index (κ3) is 4.43. The minimum atomic E-state index is -4.77. The van der Waals surface area contributed by atoms with Crippen LogP contribution in [-0.4, -0.2) is 34.7 Å². The summed E-state index contributed by atoms with van der Waals surface area (Å²) in [5, 5.41) is 16.7. The van der Waals surface area contributed by atoms with E-state index in [1.54, 1.807) is 12.1 Å². The van der Waals surface area contributed by atoms with Gasteiger partial charge in [-0.25, -0.2) is 9.50 Å². The lowest BCUT2D eigenvalue weighted by molar-refractivity contribution is -0.142. The van der Waals surface area contributed by atoms with Gasteiger partial charge in [0.15, 0.2) is 22.8 Å². The van der Waals surface area contributed by atoms with E-state index in [0.29, 0.717) is 38.1 Å². The van der Waals surface area contributed by atoms with Crippen molar-refractivity contribution in [2.45, 2.75) is 32.4 Å². The lowest BCUT2D eigenvalue weighted by Gasteiger charge is -2.17. The van der Waals surface area contributed by atoms with Crippen LogP contribution < -0.4 is 14.8 Å². The van der Waals surface area contributed by atoms with Crippen LogP contribution in [0.1, 0.15) is 45.4 Å². The van der Waals surface area contributed by atoms with Gasteiger partial charge in [-0.1, -0.05) is 6.92 Å². The van der Waals surface area contributed by atoms with Crippen LogP contribution in [0.25, 0.3) is 16.9 Å². The number of ether oxygens (including phenoxy) is 2. The molecule has 0 spiro atoms. The largest absolute Gasteiger partial charge is 0.493 e. The number of thiophene rings is 1. The lowest BCUT2D eigenvalue weighted by atomic mass is 9.88. The Morgan fingerprint density at radius 2 is 2.00 bits per heavy atom. The topological polar surface area (TPSA) is 102 Å². The van der Waals surface area contributed by atoms with E-state index in [9.17, 15) is 23.2 Å². The second kappa shape index (κ2) is 9.64. The van der Waals surface area contributed by atoms with Crippen LogP contribution in [0.3, 0.4) is 0 Å². The summed E-state index contributed by atoms with van der Waals surface area (Å²) in [5.74, 6) is 0.481. The van der Waals surface area contributed by atoms with Crippen molar-refractivity contribution in [3.05, 3.63) is 57.7 Å². The van der Waals surface area contributed by atoms with Gasteiger partial charge in [0.05, 0.1) is 31.7 Å². The van der Waals surface area contributed by atoms with Crippen LogP contribution in [0.4, 0.5) is 18.2 Å². The first kappa shape index (κ1) is 25.5. The van der Waals surface area contributed by atoms with E-state index in [1.165, 1.54) is 31.6 Å². The molecule has 3 aromatic heterocycles. The molecule has 196 valence electrons. The van der Waals surface area contributed by atoms with E-state index < -0.39 is 17.8 Å². The van der Waals surface area contributed by atoms with Crippen molar-refractivity contribution in [2.75, 3.05) is 19.5 Å². The Hall–Kier alpha value is -4.11. The summed E-state index contributed by atoms with van der Waals surface area (Å²) in [6.07, 6.45) is -1.22. The molecule has 1 aromatic carbocycles. The van der Waals surface area contributed by atoms with Crippen molar-refractivity contribution in [3.63, 3.8) is 0 Å². The highest BCUT2D eigenvalue weighted by Crippen LogP contribution is 2.40. The number of alkyl halides is 3. The van der Waals surface area contributed by atoms with Crippen molar-refractivity contribution in [1.29, 1.82) is 5.26 Å². The van der Waals surface area contributed by atoms with Gasteiger partial charge in [0, 0.05) is 10.4 Å². The summed E-state index contributed by atoms with van der Waals surface area (Å²) in [4.78, 5) is 18.7. The Morgan fingerprint density at radius 1 is 1.24 bits per heavy atom. The maximum absolute atomic E-state index is 14.0. The summed E-state index contributed by atoms with van der Waals surface area (Å²) in [6.45, 7) is 2.13. The van der Waals surface area contributed by atoms with E-state index in [2.05, 4.69) is 28.4 Å². The molecule has 3 heterocycles. The fourth-order valence-corrected chi connectivity index (χ4v) is 5.95. The number of aromatic nitrogens is 3. The van der Waals surface area contributed by atoms with Gasteiger partial charge >= 0.3 is 6.18 Å². The third-order valence-corrected chi connectivity index (χ3v) is 7.71. The Bertz CT molecular complexity index is 1600. The number of fused-ring (bicyclic) bond motifs is 2. The van der Waals surface area contributed by atoms with Gasteiger partial charge < -0.3 is 14.8 Å². The minimum absolute atomic E-state index is 0.0291. The van der Waals surface area contributed by atoms with Crippen molar-refractivity contribution in [1.82, 2.24) is 14.6 Å². The maximum Gasteiger partial charge on any atom is 0.433 e. The van der Waals surface area contributed by atoms with E-state index >= 15 is 0 Å². The number of hydrogen-bond donors (Lipinski definition) is 1. The quantitative estimate of drug-likeness (QED) is 0.346. The van der Waals surface area contributed by atoms with Crippen LogP contribution in [0.15, 0.2) is 30.5 Å². The Morgan fingerprint density at radius 3 is 2.68 bits per heavy atom. The molecule has 38 heavy (non-hydrogen) atoms. The monoisotopic (exact) mass is 541 g/mol. The highest BCUT2D eigenvalue weighted by atomic mass is 32.1. The summed E-state index contributed by atoms with van der Waals surface area (Å²) in [7, 11) is 2.86. The van der Waals surface area contributed by atoms with Gasteiger partial charge in [0.25, 0.3) is 5.91 Å². The summed E-state index contributed by atoms with van der Waals surface area (Å²) < 4.78 is 53.2. The molecule has 8 nitrogen and oxygen atoms in total. The average molecular weight is 542 g/mol. The van der Waals surface area contributed by atoms with Gasteiger partial charge in [0.1, 0.15) is 16.6 Å². The number of amides is 1. The number of nitrogens with one attached hydrogen (secondary N) is 1. The highest BCUT2D eigenvalue weighted by Gasteiger charge is 2.36. The fourth-order valence-electron chi connectivity index (χ4n) is 4.60. The summed E-state index contributed by atoms with van der Waals surface area (Å²) in [5.41, 5.74) is 0.117. The van der Waals surface area contributed by atoms with E-state index in [-0.39, 0.29) is 16.9 Å². The molecular weight excluding hydrogens is 519 g/mol. The molecule has 0 radical (unpaired) electrons. The average Bonchev–Trinajstić information content (AvgIpc) is 3.47. The standard InChI is InChI=1S/C26H22F3N5O3S/c1-13-4-6-15-16(11-30)25(38-21(15)8-13)33-24(35)17-12-31-34-22(26(27,28)29)10-18(32-23(17)34)14-5-7-19(36-2)20(9-14)37-3/h5,7,9-10,12-13H,4,6,8H2,1-3H3,(H,33,35). The zero-order valence-electron chi connectivity index (χ0n) is 20.6. The first-order valence-corrected chi connectivity index (χ1v) is 12.5. The van der Waals surface area contributed by atoms with E-state index in [0.717, 1.165) is 42.0 Å². The zero-order chi connectivity index (χ0) is 27.2. The normalized spacial score (nSPS) is 15.1. The maximum atomic E-state index is 14.0. The predicted molar refractivity (Wildman–Crippen MR) is 135 cm³/mol. The smallest absolute Gasteiger partial charge is 0.433 e. The van der Waals surface area contributed by atoms with E-state index in [1.807, 2.05) is 0 Å².